The third-order valence-electron chi connectivity index (χ3n) is 4.86. The normalized spacial score (nSPS) is 14.2. The molecule has 0 saturated carbocycles. The van der Waals surface area contributed by atoms with Gasteiger partial charge in [0.05, 0.1) is 12.5 Å². The molecule has 3 heterocycles. The smallest absolute Gasteiger partial charge is 0.289 e. The molecule has 8 nitrogen and oxygen atoms in total. The van der Waals surface area contributed by atoms with E-state index < -0.39 is 0 Å². The first kappa shape index (κ1) is 18.0. The van der Waals surface area contributed by atoms with Gasteiger partial charge in [0.1, 0.15) is 0 Å². The number of para-hydroxylation sites is 1. The highest BCUT2D eigenvalue weighted by atomic mass is 16.3. The molecule has 1 aliphatic heterocycles. The molecule has 1 aliphatic rings. The van der Waals surface area contributed by atoms with Crippen molar-refractivity contribution < 1.29 is 9.21 Å². The van der Waals surface area contributed by atoms with Gasteiger partial charge in [0.15, 0.2) is 11.6 Å². The molecular formula is C20H22N6O2. The van der Waals surface area contributed by atoms with Crippen LogP contribution in [0.1, 0.15) is 21.7 Å². The summed E-state index contributed by atoms with van der Waals surface area (Å²) in [6.45, 7) is 6.55. The van der Waals surface area contributed by atoms with E-state index in [1.54, 1.807) is 23.2 Å². The molecule has 2 aromatic heterocycles. The van der Waals surface area contributed by atoms with Gasteiger partial charge in [-0.05, 0) is 37.1 Å². The first-order valence-corrected chi connectivity index (χ1v) is 9.22. The van der Waals surface area contributed by atoms with Gasteiger partial charge in [-0.1, -0.05) is 18.2 Å². The standard InChI is InChI=1S/C20H22N6O2/c1-14-5-3-6-15(2)18(14)22-17-13-21-24-20(23-17)26-10-8-25(9-11-26)19(27)16-7-4-12-28-16/h3-7,12-13H,8-11H2,1-2H3,(H,22,23,24). The molecule has 28 heavy (non-hydrogen) atoms. The van der Waals surface area contributed by atoms with Gasteiger partial charge in [-0.3, -0.25) is 4.79 Å². The van der Waals surface area contributed by atoms with Crippen LogP contribution in [0.25, 0.3) is 0 Å². The Kier molecular flexibility index (Phi) is 4.92. The Morgan fingerprint density at radius 2 is 1.82 bits per heavy atom. The highest BCUT2D eigenvalue weighted by molar-refractivity contribution is 5.91. The summed E-state index contributed by atoms with van der Waals surface area (Å²) >= 11 is 0. The molecule has 8 heteroatoms. The second kappa shape index (κ2) is 7.67. The van der Waals surface area contributed by atoms with Crippen molar-refractivity contribution in [2.45, 2.75) is 13.8 Å². The maximum absolute atomic E-state index is 12.4. The number of benzene rings is 1. The third kappa shape index (κ3) is 3.66. The van der Waals surface area contributed by atoms with Crippen LogP contribution in [-0.2, 0) is 0 Å². The first-order valence-electron chi connectivity index (χ1n) is 9.22. The fraction of sp³-hybridized carbons (Fsp3) is 0.300. The van der Waals surface area contributed by atoms with Gasteiger partial charge >= 0.3 is 0 Å². The van der Waals surface area contributed by atoms with Gasteiger partial charge in [-0.25, -0.2) is 0 Å². The van der Waals surface area contributed by atoms with Crippen molar-refractivity contribution in [1.29, 1.82) is 0 Å². The fourth-order valence-electron chi connectivity index (χ4n) is 3.29. The third-order valence-corrected chi connectivity index (χ3v) is 4.86. The predicted octanol–water partition coefficient (Wildman–Crippen LogP) is 2.79. The molecule has 0 aliphatic carbocycles. The molecule has 1 amide bonds. The van der Waals surface area contributed by atoms with Crippen LogP contribution in [0.5, 0.6) is 0 Å². The maximum Gasteiger partial charge on any atom is 0.289 e. The van der Waals surface area contributed by atoms with Crippen molar-refractivity contribution in [3.63, 3.8) is 0 Å². The zero-order valence-electron chi connectivity index (χ0n) is 15.9. The molecule has 3 aromatic rings. The Morgan fingerprint density at radius 1 is 1.07 bits per heavy atom. The number of anilines is 3. The summed E-state index contributed by atoms with van der Waals surface area (Å²) in [4.78, 5) is 20.8. The van der Waals surface area contributed by atoms with E-state index in [-0.39, 0.29) is 5.91 Å². The molecule has 0 spiro atoms. The Morgan fingerprint density at radius 3 is 2.50 bits per heavy atom. The number of carbonyl (C=O) groups excluding carboxylic acids is 1. The number of aryl methyl sites for hydroxylation is 2. The largest absolute Gasteiger partial charge is 0.459 e. The molecule has 1 saturated heterocycles. The van der Waals surface area contributed by atoms with Gasteiger partial charge in [0, 0.05) is 31.9 Å². The highest BCUT2D eigenvalue weighted by Gasteiger charge is 2.25. The second-order valence-corrected chi connectivity index (χ2v) is 6.79. The summed E-state index contributed by atoms with van der Waals surface area (Å²) in [7, 11) is 0. The second-order valence-electron chi connectivity index (χ2n) is 6.79. The van der Waals surface area contributed by atoms with E-state index in [2.05, 4.69) is 46.5 Å². The van der Waals surface area contributed by atoms with E-state index in [4.69, 9.17) is 4.42 Å². The molecule has 0 bridgehead atoms. The number of amides is 1. The minimum atomic E-state index is -0.0888. The number of rotatable bonds is 4. The van der Waals surface area contributed by atoms with Gasteiger partial charge in [0.2, 0.25) is 5.95 Å². The van der Waals surface area contributed by atoms with E-state index in [9.17, 15) is 4.79 Å². The van der Waals surface area contributed by atoms with Crippen LogP contribution in [0.4, 0.5) is 17.5 Å². The highest BCUT2D eigenvalue weighted by Crippen LogP contribution is 2.23. The first-order chi connectivity index (χ1) is 13.6. The monoisotopic (exact) mass is 378 g/mol. The van der Waals surface area contributed by atoms with Crippen LogP contribution in [0.15, 0.2) is 47.2 Å². The Hall–Kier alpha value is -3.42. The quantitative estimate of drug-likeness (QED) is 0.747. The maximum atomic E-state index is 12.4. The van der Waals surface area contributed by atoms with Crippen molar-refractivity contribution in [3.8, 4) is 0 Å². The van der Waals surface area contributed by atoms with Crippen LogP contribution < -0.4 is 10.2 Å². The van der Waals surface area contributed by atoms with Crippen LogP contribution >= 0.6 is 0 Å². The van der Waals surface area contributed by atoms with Crippen LogP contribution in [-0.4, -0.2) is 52.2 Å². The molecule has 1 N–H and O–H groups in total. The molecule has 4 rings (SSSR count). The zero-order chi connectivity index (χ0) is 19.5. The molecule has 0 unspecified atom stereocenters. The topological polar surface area (TPSA) is 87.4 Å². The lowest BCUT2D eigenvalue weighted by molar-refractivity contribution is 0.0714. The average Bonchev–Trinajstić information content (AvgIpc) is 3.26. The SMILES string of the molecule is Cc1cccc(C)c1Nc1cnnc(N2CCN(C(=O)c3ccco3)CC2)n1. The van der Waals surface area contributed by atoms with E-state index in [1.165, 1.54) is 6.26 Å². The number of piperazine rings is 1. The van der Waals surface area contributed by atoms with E-state index in [0.717, 1.165) is 16.8 Å². The van der Waals surface area contributed by atoms with Gasteiger partial charge in [-0.15, -0.1) is 5.10 Å². The van der Waals surface area contributed by atoms with Crippen LogP contribution in [0.2, 0.25) is 0 Å². The van der Waals surface area contributed by atoms with Crippen molar-refractivity contribution in [1.82, 2.24) is 20.1 Å². The predicted molar refractivity (Wildman–Crippen MR) is 106 cm³/mol. The summed E-state index contributed by atoms with van der Waals surface area (Å²) in [6, 6.07) is 9.55. The number of nitrogens with one attached hydrogen (secondary N) is 1. The lowest BCUT2D eigenvalue weighted by Crippen LogP contribution is -2.49. The lowest BCUT2D eigenvalue weighted by Gasteiger charge is -2.34. The van der Waals surface area contributed by atoms with E-state index in [1.807, 2.05) is 11.0 Å². The molecule has 144 valence electrons. The molecule has 1 fully saturated rings. The van der Waals surface area contributed by atoms with Gasteiger partial charge in [-0.2, -0.15) is 10.1 Å². The van der Waals surface area contributed by atoms with Crippen molar-refractivity contribution in [2.75, 3.05) is 36.4 Å². The lowest BCUT2D eigenvalue weighted by atomic mass is 10.1. The van der Waals surface area contributed by atoms with Crippen molar-refractivity contribution in [2.24, 2.45) is 0 Å². The average molecular weight is 378 g/mol. The summed E-state index contributed by atoms with van der Waals surface area (Å²) in [6.07, 6.45) is 3.13. The molecular weight excluding hydrogens is 356 g/mol. The summed E-state index contributed by atoms with van der Waals surface area (Å²) in [5.41, 5.74) is 3.32. The minimum absolute atomic E-state index is 0.0888. The number of hydrogen-bond donors (Lipinski definition) is 1. The van der Waals surface area contributed by atoms with Crippen LogP contribution in [0.3, 0.4) is 0 Å². The van der Waals surface area contributed by atoms with E-state index >= 15 is 0 Å². The Bertz CT molecular complexity index is 944. The summed E-state index contributed by atoms with van der Waals surface area (Å²) in [5.74, 6) is 1.48. The number of nitrogens with zero attached hydrogens (tertiary/aromatic N) is 5. The van der Waals surface area contributed by atoms with Crippen molar-refractivity contribution >= 4 is 23.4 Å². The summed E-state index contributed by atoms with van der Waals surface area (Å²) < 4.78 is 5.20. The fourth-order valence-corrected chi connectivity index (χ4v) is 3.29. The van der Waals surface area contributed by atoms with E-state index in [0.29, 0.717) is 43.7 Å². The van der Waals surface area contributed by atoms with Gasteiger partial charge in [0.25, 0.3) is 5.91 Å². The number of aromatic nitrogens is 3. The van der Waals surface area contributed by atoms with Gasteiger partial charge < -0.3 is 19.5 Å². The Labute approximate surface area is 163 Å². The Balaban J connectivity index is 1.43. The van der Waals surface area contributed by atoms with Crippen molar-refractivity contribution in [3.05, 3.63) is 59.7 Å². The summed E-state index contributed by atoms with van der Waals surface area (Å²) in [5, 5.41) is 11.6. The number of carbonyl (C=O) groups is 1. The number of furan rings is 1. The molecule has 0 radical (unpaired) electrons. The minimum Gasteiger partial charge on any atom is -0.459 e. The van der Waals surface area contributed by atoms with Crippen LogP contribution in [0, 0.1) is 13.8 Å². The molecule has 1 aromatic carbocycles. The number of hydrogen-bond acceptors (Lipinski definition) is 7. The molecule has 0 atom stereocenters. The zero-order valence-corrected chi connectivity index (χ0v) is 15.9.